The number of rotatable bonds is 4. The van der Waals surface area contributed by atoms with E-state index in [1.54, 1.807) is 11.3 Å². The standard InChI is InChI=1S/C16H19BrN2S/c1-19(10-13-8-16(17)20-11-13)9-12-4-5-15-14(7-12)3-2-6-18-15/h4-5,7-8,11,18H,2-3,6,9-10H2,1H3. The molecule has 1 aromatic carbocycles. The van der Waals surface area contributed by atoms with Gasteiger partial charge in [0.05, 0.1) is 3.79 Å². The van der Waals surface area contributed by atoms with Crippen molar-refractivity contribution in [3.63, 3.8) is 0 Å². The molecule has 0 aliphatic carbocycles. The van der Waals surface area contributed by atoms with Crippen LogP contribution in [-0.4, -0.2) is 18.5 Å². The Hall–Kier alpha value is -0.840. The molecule has 0 saturated carbocycles. The summed E-state index contributed by atoms with van der Waals surface area (Å²) in [6, 6.07) is 9.05. The van der Waals surface area contributed by atoms with Gasteiger partial charge in [0.2, 0.25) is 0 Å². The third-order valence-electron chi connectivity index (χ3n) is 3.63. The fraction of sp³-hybridized carbons (Fsp3) is 0.375. The van der Waals surface area contributed by atoms with Crippen molar-refractivity contribution in [2.45, 2.75) is 25.9 Å². The summed E-state index contributed by atoms with van der Waals surface area (Å²) in [6.07, 6.45) is 2.45. The lowest BCUT2D eigenvalue weighted by Gasteiger charge is -2.21. The van der Waals surface area contributed by atoms with Crippen LogP contribution >= 0.6 is 27.3 Å². The highest BCUT2D eigenvalue weighted by Crippen LogP contribution is 2.24. The molecule has 4 heteroatoms. The molecule has 20 heavy (non-hydrogen) atoms. The molecule has 3 rings (SSSR count). The number of halogens is 1. The molecule has 0 amide bonds. The molecule has 2 heterocycles. The summed E-state index contributed by atoms with van der Waals surface area (Å²) < 4.78 is 1.21. The molecule has 106 valence electrons. The second kappa shape index (κ2) is 6.29. The van der Waals surface area contributed by atoms with E-state index in [0.29, 0.717) is 0 Å². The first kappa shape index (κ1) is 14.1. The van der Waals surface area contributed by atoms with Crippen LogP contribution in [0.15, 0.2) is 33.4 Å². The van der Waals surface area contributed by atoms with Crippen LogP contribution in [0.1, 0.15) is 23.1 Å². The Labute approximate surface area is 132 Å². The maximum atomic E-state index is 3.52. The zero-order valence-corrected chi connectivity index (χ0v) is 14.1. The van der Waals surface area contributed by atoms with Crippen molar-refractivity contribution in [3.05, 3.63) is 50.1 Å². The Morgan fingerprint density at radius 2 is 2.10 bits per heavy atom. The average molecular weight is 351 g/mol. The van der Waals surface area contributed by atoms with E-state index in [1.807, 2.05) is 0 Å². The van der Waals surface area contributed by atoms with Crippen molar-refractivity contribution < 1.29 is 0 Å². The molecule has 1 aliphatic heterocycles. The molecule has 0 saturated heterocycles. The first-order chi connectivity index (χ1) is 9.70. The molecule has 0 radical (unpaired) electrons. The van der Waals surface area contributed by atoms with E-state index in [4.69, 9.17) is 0 Å². The van der Waals surface area contributed by atoms with Gasteiger partial charge in [0.1, 0.15) is 0 Å². The van der Waals surface area contributed by atoms with Gasteiger partial charge in [-0.15, -0.1) is 11.3 Å². The average Bonchev–Trinajstić information content (AvgIpc) is 2.83. The third kappa shape index (κ3) is 3.43. The number of hydrogen-bond donors (Lipinski definition) is 1. The van der Waals surface area contributed by atoms with Crippen LogP contribution in [0, 0.1) is 0 Å². The van der Waals surface area contributed by atoms with Gasteiger partial charge in [-0.1, -0.05) is 12.1 Å². The van der Waals surface area contributed by atoms with Crippen LogP contribution in [0.2, 0.25) is 0 Å². The SMILES string of the molecule is CN(Cc1csc(Br)c1)Cc1ccc2c(c1)CCCN2. The molecule has 0 fully saturated rings. The molecule has 0 bridgehead atoms. The van der Waals surface area contributed by atoms with Crippen LogP contribution in [0.4, 0.5) is 5.69 Å². The van der Waals surface area contributed by atoms with Crippen molar-refractivity contribution in [1.82, 2.24) is 4.90 Å². The van der Waals surface area contributed by atoms with Crippen molar-refractivity contribution in [1.29, 1.82) is 0 Å². The molecule has 0 unspecified atom stereocenters. The van der Waals surface area contributed by atoms with E-state index >= 15 is 0 Å². The number of thiophene rings is 1. The van der Waals surface area contributed by atoms with Gasteiger partial charge in [0, 0.05) is 25.3 Å². The largest absolute Gasteiger partial charge is 0.385 e. The van der Waals surface area contributed by atoms with Gasteiger partial charge in [0.15, 0.2) is 0 Å². The van der Waals surface area contributed by atoms with Gasteiger partial charge < -0.3 is 5.32 Å². The van der Waals surface area contributed by atoms with Gasteiger partial charge in [-0.25, -0.2) is 0 Å². The summed E-state index contributed by atoms with van der Waals surface area (Å²) in [6.45, 7) is 3.11. The zero-order valence-electron chi connectivity index (χ0n) is 11.7. The van der Waals surface area contributed by atoms with E-state index in [1.165, 1.54) is 39.0 Å². The van der Waals surface area contributed by atoms with E-state index in [9.17, 15) is 0 Å². The van der Waals surface area contributed by atoms with Crippen molar-refractivity contribution in [3.8, 4) is 0 Å². The number of nitrogens with one attached hydrogen (secondary N) is 1. The lowest BCUT2D eigenvalue weighted by Crippen LogP contribution is -2.18. The van der Waals surface area contributed by atoms with Crippen LogP contribution in [0.25, 0.3) is 0 Å². The van der Waals surface area contributed by atoms with Crippen molar-refractivity contribution in [2.75, 3.05) is 18.9 Å². The molecular formula is C16H19BrN2S. The topological polar surface area (TPSA) is 15.3 Å². The smallest absolute Gasteiger partial charge is 0.0701 e. The minimum absolute atomic E-state index is 0.997. The molecule has 1 aliphatic rings. The van der Waals surface area contributed by atoms with E-state index in [2.05, 4.69) is 62.8 Å². The summed E-state index contributed by atoms with van der Waals surface area (Å²) in [5.41, 5.74) is 5.58. The quantitative estimate of drug-likeness (QED) is 0.873. The van der Waals surface area contributed by atoms with E-state index < -0.39 is 0 Å². The molecule has 0 atom stereocenters. The molecule has 1 aromatic heterocycles. The van der Waals surface area contributed by atoms with Gasteiger partial charge in [0.25, 0.3) is 0 Å². The van der Waals surface area contributed by atoms with Crippen molar-refractivity contribution in [2.24, 2.45) is 0 Å². The first-order valence-corrected chi connectivity index (χ1v) is 8.65. The second-order valence-corrected chi connectivity index (χ2v) is 7.74. The lowest BCUT2D eigenvalue weighted by molar-refractivity contribution is 0.319. The van der Waals surface area contributed by atoms with Crippen molar-refractivity contribution >= 4 is 33.0 Å². The Balaban J connectivity index is 1.65. The normalized spacial score (nSPS) is 14.2. The first-order valence-electron chi connectivity index (χ1n) is 6.98. The minimum atomic E-state index is 0.997. The van der Waals surface area contributed by atoms with Gasteiger partial charge in [-0.2, -0.15) is 0 Å². The summed E-state index contributed by atoms with van der Waals surface area (Å²) in [5, 5.41) is 5.69. The Bertz CT molecular complexity index is 594. The van der Waals surface area contributed by atoms with Gasteiger partial charge in [-0.3, -0.25) is 4.90 Å². The molecule has 2 aromatic rings. The number of anilines is 1. The van der Waals surface area contributed by atoms with E-state index in [-0.39, 0.29) is 0 Å². The monoisotopic (exact) mass is 350 g/mol. The molecular weight excluding hydrogens is 332 g/mol. The van der Waals surface area contributed by atoms with Crippen LogP contribution in [-0.2, 0) is 19.5 Å². The fourth-order valence-electron chi connectivity index (χ4n) is 2.73. The van der Waals surface area contributed by atoms with Crippen LogP contribution in [0.3, 0.4) is 0 Å². The number of hydrogen-bond acceptors (Lipinski definition) is 3. The third-order valence-corrected chi connectivity index (χ3v) is 5.19. The number of fused-ring (bicyclic) bond motifs is 1. The molecule has 2 nitrogen and oxygen atoms in total. The number of aryl methyl sites for hydroxylation is 1. The summed E-state index contributed by atoms with van der Waals surface area (Å²) in [4.78, 5) is 2.37. The van der Waals surface area contributed by atoms with Gasteiger partial charge >= 0.3 is 0 Å². The Morgan fingerprint density at radius 1 is 1.25 bits per heavy atom. The van der Waals surface area contributed by atoms with Gasteiger partial charge in [-0.05, 0) is 70.0 Å². The highest BCUT2D eigenvalue weighted by atomic mass is 79.9. The minimum Gasteiger partial charge on any atom is -0.385 e. The molecule has 1 N–H and O–H groups in total. The fourth-order valence-corrected chi connectivity index (χ4v) is 3.93. The maximum Gasteiger partial charge on any atom is 0.0701 e. The highest BCUT2D eigenvalue weighted by Gasteiger charge is 2.10. The number of nitrogens with zero attached hydrogens (tertiary/aromatic N) is 1. The molecule has 0 spiro atoms. The predicted molar refractivity (Wildman–Crippen MR) is 90.4 cm³/mol. The maximum absolute atomic E-state index is 3.52. The second-order valence-electron chi connectivity index (χ2n) is 5.45. The lowest BCUT2D eigenvalue weighted by atomic mass is 10.0. The number of benzene rings is 1. The highest BCUT2D eigenvalue weighted by molar-refractivity contribution is 9.11. The zero-order chi connectivity index (χ0) is 13.9. The summed E-state index contributed by atoms with van der Waals surface area (Å²) in [5.74, 6) is 0. The Kier molecular flexibility index (Phi) is 4.44. The van der Waals surface area contributed by atoms with E-state index in [0.717, 1.165) is 19.6 Å². The Morgan fingerprint density at radius 3 is 2.90 bits per heavy atom. The summed E-state index contributed by atoms with van der Waals surface area (Å²) in [7, 11) is 2.18. The predicted octanol–water partition coefficient (Wildman–Crippen LogP) is 4.50. The van der Waals surface area contributed by atoms with Crippen LogP contribution < -0.4 is 5.32 Å². The summed E-state index contributed by atoms with van der Waals surface area (Å²) >= 11 is 5.28. The van der Waals surface area contributed by atoms with Crippen LogP contribution in [0.5, 0.6) is 0 Å².